The highest BCUT2D eigenvalue weighted by Gasteiger charge is 2.16. The second-order valence-electron chi connectivity index (χ2n) is 5.10. The Labute approximate surface area is 109 Å². The molecule has 0 aliphatic heterocycles. The van der Waals surface area contributed by atoms with Crippen molar-refractivity contribution in [3.63, 3.8) is 0 Å². The van der Waals surface area contributed by atoms with E-state index in [-0.39, 0.29) is 5.69 Å². The number of nitrogens with zero attached hydrogens (tertiary/aromatic N) is 3. The molecule has 4 rings (SSSR count). The smallest absolute Gasteiger partial charge is 0.329 e. The van der Waals surface area contributed by atoms with E-state index in [4.69, 9.17) is 0 Å². The molecule has 1 aromatic carbocycles. The van der Waals surface area contributed by atoms with E-state index in [0.29, 0.717) is 0 Å². The number of H-pyrrole nitrogens is 1. The number of hydrogen-bond acceptors (Lipinski definition) is 3. The zero-order chi connectivity index (χ0) is 12.8. The molecule has 1 N–H and O–H groups in total. The van der Waals surface area contributed by atoms with Crippen LogP contribution in [0.2, 0.25) is 0 Å². The topological polar surface area (TPSA) is 63.0 Å². The lowest BCUT2D eigenvalue weighted by atomic mass is 9.98. The van der Waals surface area contributed by atoms with Gasteiger partial charge < -0.3 is 4.98 Å². The molecule has 0 radical (unpaired) electrons. The zero-order valence-electron chi connectivity index (χ0n) is 10.5. The Morgan fingerprint density at radius 1 is 1.16 bits per heavy atom. The molecule has 1 aliphatic carbocycles. The number of fused-ring (bicyclic) bond motifs is 5. The summed E-state index contributed by atoms with van der Waals surface area (Å²) >= 11 is 0. The monoisotopic (exact) mass is 254 g/mol. The third kappa shape index (κ3) is 1.51. The van der Waals surface area contributed by atoms with E-state index >= 15 is 0 Å². The average molecular weight is 254 g/mol. The van der Waals surface area contributed by atoms with Crippen molar-refractivity contribution in [2.45, 2.75) is 32.1 Å². The molecule has 5 nitrogen and oxygen atoms in total. The summed E-state index contributed by atoms with van der Waals surface area (Å²) in [6.07, 6.45) is 7.43. The molecular formula is C14H14N4O. The molecule has 0 fully saturated rings. The molecule has 2 aromatic heterocycles. The first-order valence-electron chi connectivity index (χ1n) is 6.71. The molecular weight excluding hydrogens is 240 g/mol. The highest BCUT2D eigenvalue weighted by molar-refractivity contribution is 5.94. The third-order valence-corrected chi connectivity index (χ3v) is 3.98. The number of rotatable bonds is 0. The Morgan fingerprint density at radius 3 is 3.00 bits per heavy atom. The SMILES string of the molecule is O=c1nc2ccc3c(c2c2[nH]cnn12)CCCCC3. The van der Waals surface area contributed by atoms with Crippen molar-refractivity contribution in [3.05, 3.63) is 40.1 Å². The average Bonchev–Trinajstić information content (AvgIpc) is 2.78. The third-order valence-electron chi connectivity index (χ3n) is 3.98. The molecule has 0 saturated carbocycles. The second-order valence-corrected chi connectivity index (χ2v) is 5.10. The Morgan fingerprint density at radius 2 is 2.05 bits per heavy atom. The van der Waals surface area contributed by atoms with Crippen LogP contribution in [0.4, 0.5) is 0 Å². The van der Waals surface area contributed by atoms with Gasteiger partial charge in [-0.15, -0.1) is 0 Å². The van der Waals surface area contributed by atoms with Gasteiger partial charge in [-0.2, -0.15) is 14.6 Å². The molecule has 96 valence electrons. The number of aromatic amines is 1. The highest BCUT2D eigenvalue weighted by atomic mass is 16.1. The van der Waals surface area contributed by atoms with Crippen molar-refractivity contribution in [2.24, 2.45) is 0 Å². The van der Waals surface area contributed by atoms with Gasteiger partial charge in [0.1, 0.15) is 12.0 Å². The fourth-order valence-corrected chi connectivity index (χ4v) is 3.09. The lowest BCUT2D eigenvalue weighted by Gasteiger charge is -2.09. The number of hydrogen-bond donors (Lipinski definition) is 1. The molecule has 0 amide bonds. The largest absolute Gasteiger partial charge is 0.370 e. The standard InChI is InChI=1S/C14H14N4O/c19-14-17-11-7-6-9-4-2-1-3-5-10(9)12(11)13-15-8-16-18(13)14/h6-8H,1-5H2,(H,15,16). The molecule has 0 spiro atoms. The van der Waals surface area contributed by atoms with Gasteiger partial charge in [0.15, 0.2) is 0 Å². The van der Waals surface area contributed by atoms with E-state index in [0.717, 1.165) is 29.4 Å². The van der Waals surface area contributed by atoms with Crippen LogP contribution in [0.15, 0.2) is 23.3 Å². The fourth-order valence-electron chi connectivity index (χ4n) is 3.09. The Bertz CT molecular complexity index is 830. The van der Waals surface area contributed by atoms with Crippen LogP contribution in [0.25, 0.3) is 16.6 Å². The van der Waals surface area contributed by atoms with Crippen molar-refractivity contribution in [1.29, 1.82) is 0 Å². The van der Waals surface area contributed by atoms with Gasteiger partial charge in [-0.25, -0.2) is 4.79 Å². The molecule has 19 heavy (non-hydrogen) atoms. The molecule has 3 aromatic rings. The maximum atomic E-state index is 11.9. The van der Waals surface area contributed by atoms with Crippen molar-refractivity contribution in [3.8, 4) is 0 Å². The summed E-state index contributed by atoms with van der Waals surface area (Å²) in [5.74, 6) is 0. The molecule has 5 heteroatoms. The minimum atomic E-state index is -0.322. The molecule has 0 saturated heterocycles. The lowest BCUT2D eigenvalue weighted by molar-refractivity contribution is 0.712. The van der Waals surface area contributed by atoms with Crippen LogP contribution in [-0.4, -0.2) is 19.6 Å². The van der Waals surface area contributed by atoms with Crippen LogP contribution in [0, 0.1) is 0 Å². The molecule has 0 atom stereocenters. The van der Waals surface area contributed by atoms with Crippen LogP contribution in [0.5, 0.6) is 0 Å². The Hall–Kier alpha value is -2.17. The zero-order valence-corrected chi connectivity index (χ0v) is 10.5. The Balaban J connectivity index is 2.20. The fraction of sp³-hybridized carbons (Fsp3) is 0.357. The van der Waals surface area contributed by atoms with E-state index in [9.17, 15) is 4.79 Å². The summed E-state index contributed by atoms with van der Waals surface area (Å²) in [6.45, 7) is 0. The van der Waals surface area contributed by atoms with Gasteiger partial charge in [-0.3, -0.25) is 0 Å². The van der Waals surface area contributed by atoms with Crippen LogP contribution >= 0.6 is 0 Å². The van der Waals surface area contributed by atoms with Gasteiger partial charge in [0.25, 0.3) is 0 Å². The van der Waals surface area contributed by atoms with Crippen molar-refractivity contribution in [1.82, 2.24) is 19.6 Å². The number of aromatic nitrogens is 4. The predicted octanol–water partition coefficient (Wildman–Crippen LogP) is 1.84. The summed E-state index contributed by atoms with van der Waals surface area (Å²) in [4.78, 5) is 19.1. The number of benzene rings is 1. The van der Waals surface area contributed by atoms with Crippen LogP contribution < -0.4 is 5.69 Å². The summed E-state index contributed by atoms with van der Waals surface area (Å²) in [5.41, 5.74) is 3.95. The summed E-state index contributed by atoms with van der Waals surface area (Å²) < 4.78 is 1.35. The maximum Gasteiger partial charge on any atom is 0.370 e. The maximum absolute atomic E-state index is 11.9. The first-order chi connectivity index (χ1) is 9.34. The normalized spacial score (nSPS) is 15.6. The quantitative estimate of drug-likeness (QED) is 0.623. The first kappa shape index (κ1) is 10.7. The van der Waals surface area contributed by atoms with Crippen molar-refractivity contribution in [2.75, 3.05) is 0 Å². The number of nitrogens with one attached hydrogen (secondary N) is 1. The summed E-state index contributed by atoms with van der Waals surface area (Å²) in [7, 11) is 0. The van der Waals surface area contributed by atoms with E-state index in [2.05, 4.69) is 21.1 Å². The van der Waals surface area contributed by atoms with Gasteiger partial charge in [0.2, 0.25) is 0 Å². The van der Waals surface area contributed by atoms with Crippen LogP contribution in [-0.2, 0) is 12.8 Å². The lowest BCUT2D eigenvalue weighted by Crippen LogP contribution is -2.18. The van der Waals surface area contributed by atoms with E-state index in [1.54, 1.807) is 6.33 Å². The van der Waals surface area contributed by atoms with Crippen LogP contribution in [0.1, 0.15) is 30.4 Å². The molecule has 0 unspecified atom stereocenters. The Kier molecular flexibility index (Phi) is 2.21. The van der Waals surface area contributed by atoms with E-state index < -0.39 is 0 Å². The minimum Gasteiger partial charge on any atom is -0.329 e. The molecule has 1 aliphatic rings. The molecule has 2 heterocycles. The summed E-state index contributed by atoms with van der Waals surface area (Å²) in [5, 5.41) is 5.09. The highest BCUT2D eigenvalue weighted by Crippen LogP contribution is 2.28. The van der Waals surface area contributed by atoms with Gasteiger partial charge in [-0.1, -0.05) is 12.5 Å². The minimum absolute atomic E-state index is 0.322. The first-order valence-corrected chi connectivity index (χ1v) is 6.71. The van der Waals surface area contributed by atoms with Crippen molar-refractivity contribution >= 4 is 16.6 Å². The van der Waals surface area contributed by atoms with Gasteiger partial charge >= 0.3 is 5.69 Å². The van der Waals surface area contributed by atoms with Crippen LogP contribution in [0.3, 0.4) is 0 Å². The molecule has 0 bridgehead atoms. The predicted molar refractivity (Wildman–Crippen MR) is 72.4 cm³/mol. The van der Waals surface area contributed by atoms with Gasteiger partial charge in [0.05, 0.1) is 5.52 Å². The number of aryl methyl sites for hydroxylation is 2. The van der Waals surface area contributed by atoms with Crippen molar-refractivity contribution < 1.29 is 0 Å². The van der Waals surface area contributed by atoms with E-state index in [1.165, 1.54) is 34.9 Å². The van der Waals surface area contributed by atoms with E-state index in [1.807, 2.05) is 6.07 Å². The van der Waals surface area contributed by atoms with Gasteiger partial charge in [0, 0.05) is 5.39 Å². The van der Waals surface area contributed by atoms with Gasteiger partial charge in [-0.05, 0) is 42.9 Å². The summed E-state index contributed by atoms with van der Waals surface area (Å²) in [6, 6.07) is 4.09. The second kappa shape index (κ2) is 3.91.